The molecule has 142 valence electrons. The summed E-state index contributed by atoms with van der Waals surface area (Å²) in [7, 11) is 0. The van der Waals surface area contributed by atoms with Crippen LogP contribution in [0.25, 0.3) is 0 Å². The Morgan fingerprint density at radius 1 is 0.929 bits per heavy atom. The molecule has 0 spiro atoms. The number of fused-ring (bicyclic) bond motifs is 1. The maximum absolute atomic E-state index is 13.1. The summed E-state index contributed by atoms with van der Waals surface area (Å²) >= 11 is 0. The van der Waals surface area contributed by atoms with Gasteiger partial charge in [0.25, 0.3) is 0 Å². The van der Waals surface area contributed by atoms with E-state index in [1.165, 1.54) is 12.1 Å². The monoisotopic (exact) mass is 375 g/mol. The lowest BCUT2D eigenvalue weighted by molar-refractivity contribution is 0.254. The normalized spacial score (nSPS) is 18.3. The first-order valence-electron chi connectivity index (χ1n) is 9.38. The van der Waals surface area contributed by atoms with E-state index < -0.39 is 0 Å². The van der Waals surface area contributed by atoms with Crippen molar-refractivity contribution in [1.82, 2.24) is 0 Å². The summed E-state index contributed by atoms with van der Waals surface area (Å²) in [5.74, 6) is -0.329. The molecule has 4 nitrogen and oxygen atoms in total. The fourth-order valence-electron chi connectivity index (χ4n) is 3.71. The number of carbonyl (C=O) groups excluding carboxylic acids is 1. The first kappa shape index (κ1) is 18.0. The summed E-state index contributed by atoms with van der Waals surface area (Å²) in [4.78, 5) is 14.8. The first-order chi connectivity index (χ1) is 13.6. The molecule has 2 amide bonds. The Hall–Kier alpha value is -3.34. The molecule has 0 radical (unpaired) electrons. The van der Waals surface area contributed by atoms with Gasteiger partial charge in [-0.15, -0.1) is 0 Å². The summed E-state index contributed by atoms with van der Waals surface area (Å²) in [6, 6.07) is 23.7. The van der Waals surface area contributed by atoms with Gasteiger partial charge in [-0.1, -0.05) is 36.4 Å². The molecule has 3 aromatic carbocycles. The third-order valence-corrected chi connectivity index (χ3v) is 5.02. The molecule has 2 atom stereocenters. The van der Waals surface area contributed by atoms with E-state index in [1.807, 2.05) is 55.5 Å². The lowest BCUT2D eigenvalue weighted by atomic mass is 9.91. The van der Waals surface area contributed by atoms with Crippen LogP contribution in [0.15, 0.2) is 78.9 Å². The highest BCUT2D eigenvalue weighted by molar-refractivity contribution is 6.03. The van der Waals surface area contributed by atoms with Gasteiger partial charge in [-0.25, -0.2) is 9.18 Å². The summed E-state index contributed by atoms with van der Waals surface area (Å²) in [6.45, 7) is 2.04. The SMILES string of the molecule is C[C@@H]1C[C@H](Nc2ccccc2)c2ccccc2N1C(=O)Nc1ccc(F)cc1. The largest absolute Gasteiger partial charge is 0.378 e. The lowest BCUT2D eigenvalue weighted by Crippen LogP contribution is -2.46. The number of nitrogens with one attached hydrogen (secondary N) is 2. The molecule has 0 saturated heterocycles. The van der Waals surface area contributed by atoms with Crippen molar-refractivity contribution in [3.8, 4) is 0 Å². The number of rotatable bonds is 3. The number of hydrogen-bond acceptors (Lipinski definition) is 2. The molecule has 4 rings (SSSR count). The number of halogens is 1. The molecule has 1 aliphatic rings. The molecule has 2 N–H and O–H groups in total. The molecular weight excluding hydrogens is 353 g/mol. The predicted octanol–water partition coefficient (Wildman–Crippen LogP) is 5.81. The molecule has 0 aliphatic carbocycles. The minimum absolute atomic E-state index is 0.00318. The highest BCUT2D eigenvalue weighted by Gasteiger charge is 2.33. The van der Waals surface area contributed by atoms with Gasteiger partial charge in [-0.2, -0.15) is 0 Å². The average molecular weight is 375 g/mol. The highest BCUT2D eigenvalue weighted by atomic mass is 19.1. The molecule has 1 heterocycles. The van der Waals surface area contributed by atoms with Crippen LogP contribution in [0.2, 0.25) is 0 Å². The minimum Gasteiger partial charge on any atom is -0.378 e. The van der Waals surface area contributed by atoms with E-state index in [1.54, 1.807) is 17.0 Å². The summed E-state index contributed by atoms with van der Waals surface area (Å²) < 4.78 is 13.1. The van der Waals surface area contributed by atoms with Crippen molar-refractivity contribution in [2.75, 3.05) is 15.5 Å². The van der Waals surface area contributed by atoms with E-state index in [2.05, 4.69) is 16.7 Å². The quantitative estimate of drug-likeness (QED) is 0.607. The molecular formula is C23H22FN3O. The number of hydrogen-bond donors (Lipinski definition) is 2. The van der Waals surface area contributed by atoms with E-state index in [0.29, 0.717) is 5.69 Å². The molecule has 1 aliphatic heterocycles. The van der Waals surface area contributed by atoms with Crippen LogP contribution in [-0.4, -0.2) is 12.1 Å². The fraction of sp³-hybridized carbons (Fsp3) is 0.174. The van der Waals surface area contributed by atoms with Crippen molar-refractivity contribution in [2.45, 2.75) is 25.4 Å². The molecule has 0 aromatic heterocycles. The lowest BCUT2D eigenvalue weighted by Gasteiger charge is -2.39. The second kappa shape index (κ2) is 7.72. The van der Waals surface area contributed by atoms with Crippen molar-refractivity contribution < 1.29 is 9.18 Å². The van der Waals surface area contributed by atoms with Crippen molar-refractivity contribution in [2.24, 2.45) is 0 Å². The molecule has 0 fully saturated rings. The van der Waals surface area contributed by atoms with Gasteiger partial charge < -0.3 is 10.6 Å². The third-order valence-electron chi connectivity index (χ3n) is 5.02. The topological polar surface area (TPSA) is 44.4 Å². The van der Waals surface area contributed by atoms with Crippen LogP contribution in [0.4, 0.5) is 26.2 Å². The van der Waals surface area contributed by atoms with Crippen LogP contribution >= 0.6 is 0 Å². The van der Waals surface area contributed by atoms with Crippen LogP contribution < -0.4 is 15.5 Å². The standard InChI is InChI=1S/C23H22FN3O/c1-16-15-21(25-18-7-3-2-4-8-18)20-9-5-6-10-22(20)27(16)23(28)26-19-13-11-17(24)12-14-19/h2-14,16,21,25H,15H2,1H3,(H,26,28)/t16-,21+/m1/s1. The van der Waals surface area contributed by atoms with Gasteiger partial charge in [0, 0.05) is 17.4 Å². The van der Waals surface area contributed by atoms with E-state index >= 15 is 0 Å². The van der Waals surface area contributed by atoms with Crippen LogP contribution in [0.1, 0.15) is 24.9 Å². The Morgan fingerprint density at radius 2 is 1.61 bits per heavy atom. The van der Waals surface area contributed by atoms with E-state index in [-0.39, 0.29) is 23.9 Å². The molecule has 0 bridgehead atoms. The number of amides is 2. The highest BCUT2D eigenvalue weighted by Crippen LogP contribution is 2.39. The summed E-state index contributed by atoms with van der Waals surface area (Å²) in [5.41, 5.74) is 3.59. The second-order valence-corrected chi connectivity index (χ2v) is 7.01. The first-order valence-corrected chi connectivity index (χ1v) is 9.38. The Balaban J connectivity index is 1.60. The minimum atomic E-state index is -0.329. The van der Waals surface area contributed by atoms with Gasteiger partial charge in [0.2, 0.25) is 0 Å². The van der Waals surface area contributed by atoms with Crippen molar-refractivity contribution >= 4 is 23.1 Å². The molecule has 0 unspecified atom stereocenters. The van der Waals surface area contributed by atoms with Crippen LogP contribution in [0, 0.1) is 5.82 Å². The Bertz CT molecular complexity index is 959. The van der Waals surface area contributed by atoms with Crippen LogP contribution in [0.3, 0.4) is 0 Å². The Morgan fingerprint density at radius 3 is 2.36 bits per heavy atom. The van der Waals surface area contributed by atoms with Gasteiger partial charge in [0.15, 0.2) is 0 Å². The van der Waals surface area contributed by atoms with Crippen LogP contribution in [0.5, 0.6) is 0 Å². The zero-order chi connectivity index (χ0) is 19.5. The maximum Gasteiger partial charge on any atom is 0.326 e. The molecule has 0 saturated carbocycles. The van der Waals surface area contributed by atoms with Crippen molar-refractivity contribution in [3.05, 3.63) is 90.2 Å². The number of para-hydroxylation sites is 2. The van der Waals surface area contributed by atoms with E-state index in [0.717, 1.165) is 23.4 Å². The van der Waals surface area contributed by atoms with E-state index in [4.69, 9.17) is 0 Å². The predicted molar refractivity (Wildman–Crippen MR) is 111 cm³/mol. The van der Waals surface area contributed by atoms with Gasteiger partial charge in [-0.05, 0) is 61.4 Å². The smallest absolute Gasteiger partial charge is 0.326 e. The zero-order valence-corrected chi connectivity index (χ0v) is 15.6. The fourth-order valence-corrected chi connectivity index (χ4v) is 3.71. The summed E-state index contributed by atoms with van der Waals surface area (Å²) in [5, 5.41) is 6.46. The van der Waals surface area contributed by atoms with Crippen molar-refractivity contribution in [3.63, 3.8) is 0 Å². The molecule has 5 heteroatoms. The number of anilines is 3. The maximum atomic E-state index is 13.1. The van der Waals surface area contributed by atoms with Crippen molar-refractivity contribution in [1.29, 1.82) is 0 Å². The number of benzene rings is 3. The van der Waals surface area contributed by atoms with Gasteiger partial charge in [0.05, 0.1) is 11.7 Å². The van der Waals surface area contributed by atoms with E-state index in [9.17, 15) is 9.18 Å². The third kappa shape index (κ3) is 3.69. The number of urea groups is 1. The van der Waals surface area contributed by atoms with Gasteiger partial charge in [-0.3, -0.25) is 4.90 Å². The van der Waals surface area contributed by atoms with Crippen LogP contribution in [-0.2, 0) is 0 Å². The zero-order valence-electron chi connectivity index (χ0n) is 15.6. The molecule has 28 heavy (non-hydrogen) atoms. The van der Waals surface area contributed by atoms with Gasteiger partial charge in [0.1, 0.15) is 5.82 Å². The second-order valence-electron chi connectivity index (χ2n) is 7.01. The van der Waals surface area contributed by atoms with Gasteiger partial charge >= 0.3 is 6.03 Å². The Labute approximate surface area is 164 Å². The molecule has 3 aromatic rings. The average Bonchev–Trinajstić information content (AvgIpc) is 2.70. The summed E-state index contributed by atoms with van der Waals surface area (Å²) in [6.07, 6.45) is 0.781. The number of nitrogens with zero attached hydrogens (tertiary/aromatic N) is 1. The Kier molecular flexibility index (Phi) is 4.98. The number of carbonyl (C=O) groups is 1.